The highest BCUT2D eigenvalue weighted by Crippen LogP contribution is 2.22. The number of benzene rings is 1. The molecule has 8 heteroatoms. The summed E-state index contributed by atoms with van der Waals surface area (Å²) in [5, 5.41) is 10.6. The molecule has 0 amide bonds. The lowest BCUT2D eigenvalue weighted by Crippen LogP contribution is -2.31. The third kappa shape index (κ3) is 4.46. The highest BCUT2D eigenvalue weighted by Gasteiger charge is 2.28. The maximum Gasteiger partial charge on any atom is 0.342 e. The zero-order chi connectivity index (χ0) is 13.7. The summed E-state index contributed by atoms with van der Waals surface area (Å²) in [6, 6.07) is 3.91. The van der Waals surface area contributed by atoms with E-state index in [0.29, 0.717) is 0 Å². The maximum atomic E-state index is 13.6. The number of alkyl halides is 1. The largest absolute Gasteiger partial charge is 0.464 e. The Bertz CT molecular complexity index is 458. The van der Waals surface area contributed by atoms with Crippen LogP contribution in [0.15, 0.2) is 24.3 Å². The molecular formula is C11H14ClFN2O4. The van der Waals surface area contributed by atoms with Gasteiger partial charge in [-0.1, -0.05) is 12.1 Å². The molecule has 1 aromatic carbocycles. The number of ether oxygens (including phenoxy) is 1. The highest BCUT2D eigenvalue weighted by molar-refractivity contribution is 5.85. The Morgan fingerprint density at radius 3 is 2.74 bits per heavy atom. The summed E-state index contributed by atoms with van der Waals surface area (Å²) in [6.45, 7) is 1.59. The number of carbonyl (C=O) groups excluding carboxylic acids is 1. The van der Waals surface area contributed by atoms with Crippen molar-refractivity contribution in [2.45, 2.75) is 19.1 Å². The number of esters is 1. The standard InChI is InChI=1S/C11H13FN2O4.ClH/c1-2-18-11(15)9(12)10(13)7-4-3-5-8(6-7)14(16)17;/h3-6,9-10H,2,13H2,1H3;1H/t9?,10-;/m0./s1. The van der Waals surface area contributed by atoms with Crippen molar-refractivity contribution in [1.29, 1.82) is 0 Å². The topological polar surface area (TPSA) is 95.5 Å². The average Bonchev–Trinajstić information content (AvgIpc) is 2.37. The van der Waals surface area contributed by atoms with Crippen molar-refractivity contribution in [1.82, 2.24) is 0 Å². The van der Waals surface area contributed by atoms with Crippen molar-refractivity contribution in [2.75, 3.05) is 6.61 Å². The molecule has 0 aromatic heterocycles. The normalized spacial score (nSPS) is 13.0. The van der Waals surface area contributed by atoms with Crippen molar-refractivity contribution >= 4 is 24.1 Å². The molecule has 19 heavy (non-hydrogen) atoms. The summed E-state index contributed by atoms with van der Waals surface area (Å²) in [5.74, 6) is -1.07. The van der Waals surface area contributed by atoms with E-state index in [1.807, 2.05) is 0 Å². The molecule has 6 nitrogen and oxygen atoms in total. The van der Waals surface area contributed by atoms with E-state index in [4.69, 9.17) is 5.73 Å². The molecule has 0 saturated heterocycles. The quantitative estimate of drug-likeness (QED) is 0.508. The summed E-state index contributed by atoms with van der Waals surface area (Å²) in [5.41, 5.74) is 5.50. The van der Waals surface area contributed by atoms with E-state index in [-0.39, 0.29) is 30.3 Å². The molecule has 0 heterocycles. The molecule has 0 radical (unpaired) electrons. The summed E-state index contributed by atoms with van der Waals surface area (Å²) in [7, 11) is 0. The Morgan fingerprint density at radius 1 is 1.58 bits per heavy atom. The van der Waals surface area contributed by atoms with E-state index in [1.54, 1.807) is 6.92 Å². The fourth-order valence-electron chi connectivity index (χ4n) is 1.38. The molecule has 1 aromatic rings. The average molecular weight is 293 g/mol. The second kappa shape index (κ2) is 7.65. The van der Waals surface area contributed by atoms with Gasteiger partial charge in [-0.3, -0.25) is 10.1 Å². The van der Waals surface area contributed by atoms with E-state index >= 15 is 0 Å². The van der Waals surface area contributed by atoms with Crippen LogP contribution in [0.1, 0.15) is 18.5 Å². The fraction of sp³-hybridized carbons (Fsp3) is 0.364. The van der Waals surface area contributed by atoms with Gasteiger partial charge in [-0.25, -0.2) is 9.18 Å². The summed E-state index contributed by atoms with van der Waals surface area (Å²) in [6.07, 6.45) is -2.05. The van der Waals surface area contributed by atoms with E-state index < -0.39 is 23.1 Å². The van der Waals surface area contributed by atoms with Crippen LogP contribution in [0.3, 0.4) is 0 Å². The molecule has 1 rings (SSSR count). The predicted molar refractivity (Wildman–Crippen MR) is 68.8 cm³/mol. The van der Waals surface area contributed by atoms with Crippen LogP contribution in [0.25, 0.3) is 0 Å². The molecule has 1 unspecified atom stereocenters. The van der Waals surface area contributed by atoms with Crippen LogP contribution in [0.5, 0.6) is 0 Å². The van der Waals surface area contributed by atoms with Gasteiger partial charge in [0.1, 0.15) is 0 Å². The third-order valence-corrected chi connectivity index (χ3v) is 2.29. The van der Waals surface area contributed by atoms with Crippen molar-refractivity contribution < 1.29 is 18.8 Å². The van der Waals surface area contributed by atoms with Crippen LogP contribution >= 0.6 is 12.4 Å². The van der Waals surface area contributed by atoms with E-state index in [2.05, 4.69) is 4.74 Å². The molecule has 0 bridgehead atoms. The van der Waals surface area contributed by atoms with Gasteiger partial charge >= 0.3 is 5.97 Å². The molecule has 0 saturated carbocycles. The second-order valence-electron chi connectivity index (χ2n) is 3.53. The Kier molecular flexibility index (Phi) is 6.95. The monoisotopic (exact) mass is 292 g/mol. The molecule has 0 aliphatic carbocycles. The number of nitro benzene ring substituents is 1. The van der Waals surface area contributed by atoms with E-state index in [9.17, 15) is 19.3 Å². The number of hydrogen-bond donors (Lipinski definition) is 1. The lowest BCUT2D eigenvalue weighted by Gasteiger charge is -2.15. The first-order chi connectivity index (χ1) is 8.47. The smallest absolute Gasteiger partial charge is 0.342 e. The van der Waals surface area contributed by atoms with Crippen LogP contribution < -0.4 is 5.73 Å². The number of non-ortho nitro benzene ring substituents is 1. The van der Waals surface area contributed by atoms with Crippen molar-refractivity contribution in [3.63, 3.8) is 0 Å². The third-order valence-electron chi connectivity index (χ3n) is 2.29. The van der Waals surface area contributed by atoms with Gasteiger partial charge in [-0.15, -0.1) is 12.4 Å². The number of nitrogens with two attached hydrogens (primary N) is 1. The predicted octanol–water partition coefficient (Wildman–Crippen LogP) is 1.92. The minimum Gasteiger partial charge on any atom is -0.464 e. The molecule has 2 atom stereocenters. The lowest BCUT2D eigenvalue weighted by molar-refractivity contribution is -0.384. The first kappa shape index (κ1) is 17.3. The zero-order valence-electron chi connectivity index (χ0n) is 10.1. The molecule has 0 aliphatic rings. The lowest BCUT2D eigenvalue weighted by atomic mass is 10.0. The SMILES string of the molecule is CCOC(=O)C(F)[C@@H](N)c1cccc([N+](=O)[O-])c1.Cl. The zero-order valence-corrected chi connectivity index (χ0v) is 10.9. The van der Waals surface area contributed by atoms with Gasteiger partial charge in [0.15, 0.2) is 0 Å². The number of halogens is 2. The summed E-state index contributed by atoms with van der Waals surface area (Å²) < 4.78 is 18.1. The van der Waals surface area contributed by atoms with Crippen LogP contribution in [0, 0.1) is 10.1 Å². The number of rotatable bonds is 5. The van der Waals surface area contributed by atoms with Gasteiger partial charge in [-0.2, -0.15) is 0 Å². The van der Waals surface area contributed by atoms with Crippen LogP contribution in [0.4, 0.5) is 10.1 Å². The fourth-order valence-corrected chi connectivity index (χ4v) is 1.38. The molecule has 0 fully saturated rings. The van der Waals surface area contributed by atoms with Crippen LogP contribution in [-0.2, 0) is 9.53 Å². The molecule has 0 spiro atoms. The minimum absolute atomic E-state index is 0. The van der Waals surface area contributed by atoms with Gasteiger partial charge in [0, 0.05) is 12.1 Å². The molecular weight excluding hydrogens is 279 g/mol. The molecule has 106 valence electrons. The first-order valence-electron chi connectivity index (χ1n) is 5.28. The van der Waals surface area contributed by atoms with Gasteiger partial charge in [0.05, 0.1) is 17.6 Å². The Balaban J connectivity index is 0.00000324. The minimum atomic E-state index is -2.05. The Hall–Kier alpha value is -1.73. The molecule has 2 N–H and O–H groups in total. The number of nitro groups is 1. The highest BCUT2D eigenvalue weighted by atomic mass is 35.5. The number of carbonyl (C=O) groups is 1. The van der Waals surface area contributed by atoms with Gasteiger partial charge in [-0.05, 0) is 12.5 Å². The van der Waals surface area contributed by atoms with Crippen molar-refractivity contribution in [3.05, 3.63) is 39.9 Å². The van der Waals surface area contributed by atoms with Crippen molar-refractivity contribution in [3.8, 4) is 0 Å². The van der Waals surface area contributed by atoms with Gasteiger partial charge in [0.2, 0.25) is 6.17 Å². The number of nitrogens with zero attached hydrogens (tertiary/aromatic N) is 1. The van der Waals surface area contributed by atoms with Crippen LogP contribution in [0.2, 0.25) is 0 Å². The van der Waals surface area contributed by atoms with Gasteiger partial charge in [0.25, 0.3) is 5.69 Å². The Morgan fingerprint density at radius 2 is 2.21 bits per heavy atom. The van der Waals surface area contributed by atoms with E-state index in [1.165, 1.54) is 18.2 Å². The first-order valence-corrected chi connectivity index (χ1v) is 5.28. The summed E-state index contributed by atoms with van der Waals surface area (Å²) in [4.78, 5) is 21.1. The van der Waals surface area contributed by atoms with Crippen molar-refractivity contribution in [2.24, 2.45) is 5.73 Å². The second-order valence-corrected chi connectivity index (χ2v) is 3.53. The van der Waals surface area contributed by atoms with Crippen LogP contribution in [-0.4, -0.2) is 23.7 Å². The maximum absolute atomic E-state index is 13.6. The summed E-state index contributed by atoms with van der Waals surface area (Å²) >= 11 is 0. The Labute approximate surface area is 115 Å². The van der Waals surface area contributed by atoms with Gasteiger partial charge < -0.3 is 10.5 Å². The van der Waals surface area contributed by atoms with E-state index in [0.717, 1.165) is 6.07 Å². The molecule has 0 aliphatic heterocycles. The number of hydrogen-bond acceptors (Lipinski definition) is 5.